The number of carbonyl (C=O) groups is 1. The van der Waals surface area contributed by atoms with Crippen LogP contribution in [0.2, 0.25) is 0 Å². The van der Waals surface area contributed by atoms with Crippen molar-refractivity contribution in [3.8, 4) is 0 Å². The summed E-state index contributed by atoms with van der Waals surface area (Å²) in [6.07, 6.45) is 2.99. The highest BCUT2D eigenvalue weighted by Gasteiger charge is 2.27. The van der Waals surface area contributed by atoms with E-state index in [0.717, 1.165) is 19.4 Å². The quantitative estimate of drug-likeness (QED) is 0.482. The van der Waals surface area contributed by atoms with Gasteiger partial charge in [-0.05, 0) is 12.8 Å². The maximum Gasteiger partial charge on any atom is 0.221 e. The van der Waals surface area contributed by atoms with Gasteiger partial charge in [-0.3, -0.25) is 4.79 Å². The van der Waals surface area contributed by atoms with Gasteiger partial charge in [-0.15, -0.1) is 0 Å². The van der Waals surface area contributed by atoms with E-state index in [1.54, 1.807) is 0 Å². The fourth-order valence-electron chi connectivity index (χ4n) is 1.72. The largest absolute Gasteiger partial charge is 0.352 e. The molecule has 3 heterocycles. The van der Waals surface area contributed by atoms with Gasteiger partial charge in [0.2, 0.25) is 5.91 Å². The average Bonchev–Trinajstić information content (AvgIpc) is 2.17. The van der Waals surface area contributed by atoms with Gasteiger partial charge in [0.15, 0.2) is 0 Å². The molecule has 10 heavy (non-hydrogen) atoms. The number of carbonyl (C=O) groups excluding carboxylic acids is 1. The Morgan fingerprint density at radius 1 is 1.30 bits per heavy atom. The van der Waals surface area contributed by atoms with E-state index in [2.05, 4.69) is 10.6 Å². The molecular weight excluding hydrogens is 128 g/mol. The number of amides is 1. The summed E-state index contributed by atoms with van der Waals surface area (Å²) in [7, 11) is 0. The molecule has 0 aromatic heterocycles. The van der Waals surface area contributed by atoms with Gasteiger partial charge in [-0.2, -0.15) is 0 Å². The monoisotopic (exact) mass is 140 g/mol. The van der Waals surface area contributed by atoms with Crippen molar-refractivity contribution in [3.05, 3.63) is 0 Å². The first kappa shape index (κ1) is 6.16. The minimum Gasteiger partial charge on any atom is -0.352 e. The van der Waals surface area contributed by atoms with Crippen LogP contribution in [0.25, 0.3) is 0 Å². The van der Waals surface area contributed by atoms with E-state index in [1.165, 1.54) is 0 Å². The molecule has 2 unspecified atom stereocenters. The summed E-state index contributed by atoms with van der Waals surface area (Å²) in [4.78, 5) is 11.0. The number of fused-ring (bicyclic) bond motifs is 4. The fraction of sp³-hybridized carbons (Fsp3) is 0.857. The normalized spacial score (nSPS) is 39.0. The lowest BCUT2D eigenvalue weighted by molar-refractivity contribution is -0.121. The van der Waals surface area contributed by atoms with Crippen molar-refractivity contribution in [2.24, 2.45) is 0 Å². The molecule has 0 saturated carbocycles. The minimum absolute atomic E-state index is 0.220. The van der Waals surface area contributed by atoms with Crippen molar-refractivity contribution >= 4 is 5.91 Å². The maximum atomic E-state index is 11.0. The second-order valence-electron chi connectivity index (χ2n) is 3.15. The number of nitrogens with one attached hydrogen (secondary N) is 2. The van der Waals surface area contributed by atoms with Gasteiger partial charge < -0.3 is 10.6 Å². The fourth-order valence-corrected chi connectivity index (χ4v) is 1.72. The summed E-state index contributed by atoms with van der Waals surface area (Å²) < 4.78 is 0. The van der Waals surface area contributed by atoms with Crippen LogP contribution >= 0.6 is 0 Å². The van der Waals surface area contributed by atoms with E-state index in [4.69, 9.17) is 0 Å². The van der Waals surface area contributed by atoms with Gasteiger partial charge >= 0.3 is 0 Å². The lowest BCUT2D eigenvalue weighted by Gasteiger charge is -2.23. The summed E-state index contributed by atoms with van der Waals surface area (Å²) in [5, 5.41) is 6.30. The topological polar surface area (TPSA) is 41.1 Å². The van der Waals surface area contributed by atoms with Crippen LogP contribution in [0, 0.1) is 0 Å². The molecule has 0 spiro atoms. The lowest BCUT2D eigenvalue weighted by Crippen LogP contribution is -2.42. The predicted molar refractivity (Wildman–Crippen MR) is 37.6 cm³/mol. The Bertz CT molecular complexity index is 134. The number of hydrogen-bond donors (Lipinski definition) is 2. The molecule has 3 heteroatoms. The summed E-state index contributed by atoms with van der Waals surface area (Å²) >= 11 is 0. The smallest absolute Gasteiger partial charge is 0.221 e. The molecule has 3 aliphatic rings. The van der Waals surface area contributed by atoms with E-state index in [-0.39, 0.29) is 5.91 Å². The van der Waals surface area contributed by atoms with Crippen molar-refractivity contribution in [1.29, 1.82) is 0 Å². The first-order chi connectivity index (χ1) is 4.84. The average molecular weight is 140 g/mol. The van der Waals surface area contributed by atoms with Crippen LogP contribution in [0.4, 0.5) is 0 Å². The van der Waals surface area contributed by atoms with Gasteiger partial charge in [0.25, 0.3) is 0 Å². The second kappa shape index (κ2) is 2.23. The van der Waals surface area contributed by atoms with Crippen LogP contribution in [-0.4, -0.2) is 24.5 Å². The SMILES string of the molecule is O=C1CC2CCC(CN2)N1. The zero-order valence-corrected chi connectivity index (χ0v) is 5.89. The highest BCUT2D eigenvalue weighted by molar-refractivity contribution is 5.77. The van der Waals surface area contributed by atoms with Crippen molar-refractivity contribution < 1.29 is 4.79 Å². The Hall–Kier alpha value is -0.570. The molecule has 3 rings (SSSR count). The summed E-state index contributed by atoms with van der Waals surface area (Å²) in [6, 6.07) is 0.866. The second-order valence-corrected chi connectivity index (χ2v) is 3.15. The van der Waals surface area contributed by atoms with Gasteiger partial charge in [0.1, 0.15) is 0 Å². The first-order valence-electron chi connectivity index (χ1n) is 3.87. The maximum absolute atomic E-state index is 11.0. The molecule has 3 nitrogen and oxygen atoms in total. The van der Waals surface area contributed by atoms with Crippen LogP contribution in [0.5, 0.6) is 0 Å². The summed E-state index contributed by atoms with van der Waals surface area (Å²) in [6.45, 7) is 0.969. The van der Waals surface area contributed by atoms with Crippen LogP contribution < -0.4 is 10.6 Å². The number of rotatable bonds is 0. The highest BCUT2D eigenvalue weighted by Crippen LogP contribution is 2.14. The first-order valence-corrected chi connectivity index (χ1v) is 3.87. The van der Waals surface area contributed by atoms with E-state index in [9.17, 15) is 4.79 Å². The van der Waals surface area contributed by atoms with Gasteiger partial charge in [0.05, 0.1) is 0 Å². The third kappa shape index (κ3) is 1.01. The molecule has 56 valence electrons. The molecule has 0 aromatic carbocycles. The van der Waals surface area contributed by atoms with E-state index in [1.807, 2.05) is 0 Å². The van der Waals surface area contributed by atoms with Crippen LogP contribution in [0.1, 0.15) is 19.3 Å². The lowest BCUT2D eigenvalue weighted by atomic mass is 10.0. The summed E-state index contributed by atoms with van der Waals surface area (Å²) in [5.74, 6) is 0.220. The molecule has 1 amide bonds. The molecule has 2 N–H and O–H groups in total. The highest BCUT2D eigenvalue weighted by atomic mass is 16.1. The van der Waals surface area contributed by atoms with Crippen molar-refractivity contribution in [1.82, 2.24) is 10.6 Å². The molecule has 2 bridgehead atoms. The number of piperidine rings is 1. The molecule has 3 aliphatic heterocycles. The van der Waals surface area contributed by atoms with E-state index >= 15 is 0 Å². The Morgan fingerprint density at radius 3 is 2.80 bits per heavy atom. The van der Waals surface area contributed by atoms with E-state index in [0.29, 0.717) is 18.5 Å². The molecule has 0 radical (unpaired) electrons. The third-order valence-corrected chi connectivity index (χ3v) is 2.31. The molecule has 3 saturated heterocycles. The van der Waals surface area contributed by atoms with Crippen molar-refractivity contribution in [3.63, 3.8) is 0 Å². The van der Waals surface area contributed by atoms with Crippen LogP contribution in [0.3, 0.4) is 0 Å². The number of hydrogen-bond acceptors (Lipinski definition) is 2. The zero-order chi connectivity index (χ0) is 6.97. The van der Waals surface area contributed by atoms with Crippen LogP contribution in [0.15, 0.2) is 0 Å². The minimum atomic E-state index is 0.220. The third-order valence-electron chi connectivity index (χ3n) is 2.31. The molecule has 3 fully saturated rings. The van der Waals surface area contributed by atoms with Gasteiger partial charge in [-0.1, -0.05) is 0 Å². The van der Waals surface area contributed by atoms with Crippen molar-refractivity contribution in [2.75, 3.05) is 6.54 Å². The van der Waals surface area contributed by atoms with Gasteiger partial charge in [-0.25, -0.2) is 0 Å². The molecule has 0 aliphatic carbocycles. The predicted octanol–water partition coefficient (Wildman–Crippen LogP) is -0.373. The Labute approximate surface area is 60.2 Å². The standard InChI is InChI=1S/C7H12N2O/c10-7-3-5-1-2-6(9-7)4-8-5/h5-6,8H,1-4H2,(H,9,10). The molecule has 0 aromatic rings. The van der Waals surface area contributed by atoms with E-state index < -0.39 is 0 Å². The Morgan fingerprint density at radius 2 is 2.10 bits per heavy atom. The van der Waals surface area contributed by atoms with Gasteiger partial charge in [0, 0.05) is 25.0 Å². The zero-order valence-electron chi connectivity index (χ0n) is 5.89. The Kier molecular flexibility index (Phi) is 1.38. The van der Waals surface area contributed by atoms with Crippen molar-refractivity contribution in [2.45, 2.75) is 31.3 Å². The molecular formula is C7H12N2O. The molecule has 2 atom stereocenters. The summed E-state index contributed by atoms with van der Waals surface area (Å²) in [5.41, 5.74) is 0. The Balaban J connectivity index is 2.12. The van der Waals surface area contributed by atoms with Crippen LogP contribution in [-0.2, 0) is 4.79 Å².